The van der Waals surface area contributed by atoms with Crippen LogP contribution in [0.5, 0.6) is 11.5 Å². The van der Waals surface area contributed by atoms with Gasteiger partial charge < -0.3 is 39.4 Å². The second-order valence-electron chi connectivity index (χ2n) is 17.8. The highest BCUT2D eigenvalue weighted by Gasteiger charge is 2.35. The molecule has 6 aromatic rings. The summed E-state index contributed by atoms with van der Waals surface area (Å²) in [6.07, 6.45) is 14.0. The smallest absolute Gasteiger partial charge is 0.261 e. The van der Waals surface area contributed by atoms with Gasteiger partial charge in [-0.2, -0.15) is 20.7 Å². The number of amides is 2. The number of nitrogens with one attached hydrogen (secondary N) is 2. The molecule has 0 unspecified atom stereocenters. The van der Waals surface area contributed by atoms with Gasteiger partial charge in [0.05, 0.1) is 86.9 Å². The molecule has 2 N–H and O–H groups in total. The summed E-state index contributed by atoms with van der Waals surface area (Å²) in [5, 5.41) is 32.7. The zero-order valence-corrected chi connectivity index (χ0v) is 37.2. The second-order valence-corrected chi connectivity index (χ2v) is 17.8. The molecule has 2 aromatic carbocycles. The van der Waals surface area contributed by atoms with Crippen LogP contribution in [0.15, 0.2) is 73.6 Å². The summed E-state index contributed by atoms with van der Waals surface area (Å²) in [6, 6.07) is 16.1. The monoisotopic (exact) mass is 892 g/mol. The largest absolute Gasteiger partial charge is 0.493 e. The first-order valence-electron chi connectivity index (χ1n) is 22.3. The molecule has 4 aliphatic rings. The van der Waals surface area contributed by atoms with Crippen molar-refractivity contribution in [2.24, 2.45) is 10.8 Å². The van der Waals surface area contributed by atoms with Crippen molar-refractivity contribution in [2.45, 2.75) is 52.4 Å². The Bertz CT molecular complexity index is 2640. The molecular formula is C48H52N12O6. The van der Waals surface area contributed by atoms with E-state index >= 15 is 0 Å². The second kappa shape index (κ2) is 19.1. The molecule has 4 aliphatic heterocycles. The van der Waals surface area contributed by atoms with Gasteiger partial charge in [0.2, 0.25) is 0 Å². The SMILES string of the molecule is C[C@@]1(CCC#N)COc2cc(N3CCOCC3)c(NC(=O)c3cnn4cccnc34)cc2C1.C[C@]1(CCC#N)COc2cc(N3CCOCC3)c(NC(=O)c3cnn4cccnc34)cc2C1. The predicted molar refractivity (Wildman–Crippen MR) is 245 cm³/mol. The number of ether oxygens (including phenoxy) is 4. The number of hydrogen-bond acceptors (Lipinski definition) is 14. The summed E-state index contributed by atoms with van der Waals surface area (Å²) in [7, 11) is 0. The van der Waals surface area contributed by atoms with Crippen molar-refractivity contribution in [3.8, 4) is 23.6 Å². The molecule has 2 amide bonds. The van der Waals surface area contributed by atoms with Crippen molar-refractivity contribution < 1.29 is 28.5 Å². The molecule has 18 nitrogen and oxygen atoms in total. The lowest BCUT2D eigenvalue weighted by atomic mass is 9.78. The maximum atomic E-state index is 13.2. The molecule has 18 heteroatoms. The van der Waals surface area contributed by atoms with Crippen molar-refractivity contribution in [1.82, 2.24) is 29.2 Å². The van der Waals surface area contributed by atoms with Crippen LogP contribution < -0.4 is 29.9 Å². The molecule has 0 bridgehead atoms. The topological polar surface area (TPSA) is 210 Å². The molecule has 0 saturated carbocycles. The van der Waals surface area contributed by atoms with Gasteiger partial charge in [-0.25, -0.2) is 19.0 Å². The average molecular weight is 893 g/mol. The van der Waals surface area contributed by atoms with E-state index in [1.807, 2.05) is 24.3 Å². The van der Waals surface area contributed by atoms with Gasteiger partial charge in [-0.05, 0) is 61.1 Å². The third-order valence-corrected chi connectivity index (χ3v) is 12.7. The summed E-state index contributed by atoms with van der Waals surface area (Å²) in [6.45, 7) is 10.9. The quantitative estimate of drug-likeness (QED) is 0.159. The van der Waals surface area contributed by atoms with Crippen LogP contribution in [0.4, 0.5) is 22.7 Å². The molecule has 0 aliphatic carbocycles. The molecular weight excluding hydrogens is 841 g/mol. The number of morpholine rings is 2. The van der Waals surface area contributed by atoms with Crippen LogP contribution in [0, 0.1) is 33.5 Å². The van der Waals surface area contributed by atoms with Crippen LogP contribution in [0.3, 0.4) is 0 Å². The molecule has 2 saturated heterocycles. The van der Waals surface area contributed by atoms with Crippen LogP contribution in [0.2, 0.25) is 0 Å². The average Bonchev–Trinajstić information content (AvgIpc) is 3.99. The molecule has 0 spiro atoms. The van der Waals surface area contributed by atoms with Gasteiger partial charge in [0.25, 0.3) is 11.8 Å². The highest BCUT2D eigenvalue weighted by molar-refractivity contribution is 6.10. The predicted octanol–water partition coefficient (Wildman–Crippen LogP) is 6.13. The third-order valence-electron chi connectivity index (χ3n) is 12.7. The van der Waals surface area contributed by atoms with Gasteiger partial charge in [-0.1, -0.05) is 13.8 Å². The van der Waals surface area contributed by atoms with Gasteiger partial charge in [0.1, 0.15) is 22.6 Å². The normalized spacial score (nSPS) is 20.1. The van der Waals surface area contributed by atoms with E-state index in [0.29, 0.717) is 74.9 Å². The summed E-state index contributed by atoms with van der Waals surface area (Å²) < 4.78 is 26.5. The minimum atomic E-state index is -0.262. The summed E-state index contributed by atoms with van der Waals surface area (Å²) >= 11 is 0. The Morgan fingerprint density at radius 3 is 1.50 bits per heavy atom. The summed E-state index contributed by atoms with van der Waals surface area (Å²) in [4.78, 5) is 39.5. The highest BCUT2D eigenvalue weighted by Crippen LogP contribution is 2.44. The Kier molecular flexibility index (Phi) is 12.7. The van der Waals surface area contributed by atoms with E-state index in [9.17, 15) is 9.59 Å². The molecule has 8 heterocycles. The minimum Gasteiger partial charge on any atom is -0.493 e. The van der Waals surface area contributed by atoms with Crippen molar-refractivity contribution in [1.29, 1.82) is 10.5 Å². The molecule has 10 rings (SSSR count). The zero-order chi connectivity index (χ0) is 45.7. The Hall–Kier alpha value is -7.28. The van der Waals surface area contributed by atoms with Gasteiger partial charge in [0.15, 0.2) is 11.3 Å². The third kappa shape index (κ3) is 9.42. The van der Waals surface area contributed by atoms with Crippen LogP contribution >= 0.6 is 0 Å². The van der Waals surface area contributed by atoms with Gasteiger partial charge in [-0.3, -0.25) is 9.59 Å². The highest BCUT2D eigenvalue weighted by atomic mass is 16.5. The first-order chi connectivity index (χ1) is 32.1. The van der Waals surface area contributed by atoms with Crippen molar-refractivity contribution >= 4 is 45.9 Å². The zero-order valence-electron chi connectivity index (χ0n) is 37.2. The molecule has 340 valence electrons. The number of benzene rings is 2. The van der Waals surface area contributed by atoms with E-state index in [0.717, 1.165) is 97.2 Å². The fraction of sp³-hybridized carbons (Fsp3) is 0.417. The van der Waals surface area contributed by atoms with Crippen LogP contribution in [-0.4, -0.2) is 107 Å². The first kappa shape index (κ1) is 43.9. The van der Waals surface area contributed by atoms with Gasteiger partial charge in [0, 0.05) is 86.8 Å². The van der Waals surface area contributed by atoms with Crippen LogP contribution in [-0.2, 0) is 22.3 Å². The van der Waals surface area contributed by atoms with Crippen molar-refractivity contribution in [3.05, 3.63) is 95.8 Å². The Balaban J connectivity index is 0.000000166. The number of nitriles is 2. The summed E-state index contributed by atoms with van der Waals surface area (Å²) in [5.74, 6) is 1.15. The summed E-state index contributed by atoms with van der Waals surface area (Å²) in [5.41, 5.74) is 6.96. The molecule has 4 aromatic heterocycles. The molecule has 0 radical (unpaired) electrons. The maximum Gasteiger partial charge on any atom is 0.261 e. The number of aromatic nitrogens is 6. The maximum absolute atomic E-state index is 13.2. The van der Waals surface area contributed by atoms with E-state index in [-0.39, 0.29) is 22.6 Å². The number of carbonyl (C=O) groups excluding carboxylic acids is 2. The van der Waals surface area contributed by atoms with E-state index in [2.05, 4.69) is 66.6 Å². The first-order valence-corrected chi connectivity index (χ1v) is 22.3. The van der Waals surface area contributed by atoms with Crippen molar-refractivity contribution in [2.75, 3.05) is 86.3 Å². The van der Waals surface area contributed by atoms with E-state index in [1.165, 1.54) is 12.4 Å². The van der Waals surface area contributed by atoms with Crippen molar-refractivity contribution in [3.63, 3.8) is 0 Å². The number of hydrogen-bond donors (Lipinski definition) is 2. The molecule has 2 fully saturated rings. The van der Waals surface area contributed by atoms with Crippen LogP contribution in [0.25, 0.3) is 11.3 Å². The number of anilines is 4. The van der Waals surface area contributed by atoms with Gasteiger partial charge in [-0.15, -0.1) is 0 Å². The number of carbonyl (C=O) groups is 2. The fourth-order valence-electron chi connectivity index (χ4n) is 9.02. The van der Waals surface area contributed by atoms with Crippen LogP contribution in [0.1, 0.15) is 71.4 Å². The molecule has 2 atom stereocenters. The Morgan fingerprint density at radius 1 is 0.667 bits per heavy atom. The fourth-order valence-corrected chi connectivity index (χ4v) is 9.02. The Morgan fingerprint density at radius 2 is 1.09 bits per heavy atom. The number of fused-ring (bicyclic) bond motifs is 4. The van der Waals surface area contributed by atoms with E-state index < -0.39 is 0 Å². The standard InChI is InChI=1S/2C24H26N6O3/c2*1-24(4-2-5-25)14-17-12-19(20(13-21(17)33-16-24)29-8-10-32-11-9-29)28-23(31)18-15-27-30-7-3-6-26-22(18)30/h2*3,6-7,12-13,15H,2,4,8-11,14,16H2,1H3,(H,28,31)/t2*24-/m10/s1. The molecule has 66 heavy (non-hydrogen) atoms. The number of rotatable bonds is 10. The lowest BCUT2D eigenvalue weighted by Gasteiger charge is -2.36. The Labute approximate surface area is 382 Å². The number of nitrogens with zero attached hydrogens (tertiary/aromatic N) is 10. The lowest BCUT2D eigenvalue weighted by molar-refractivity contribution is 0.101. The van der Waals surface area contributed by atoms with E-state index in [4.69, 9.17) is 29.5 Å². The lowest BCUT2D eigenvalue weighted by Crippen LogP contribution is -2.37. The van der Waals surface area contributed by atoms with E-state index in [1.54, 1.807) is 46.0 Å². The minimum absolute atomic E-state index is 0.114. The van der Waals surface area contributed by atoms with Gasteiger partial charge >= 0.3 is 0 Å².